The molecule has 0 aromatic carbocycles. The van der Waals surface area contributed by atoms with Crippen LogP contribution in [-0.4, -0.2) is 17.3 Å². The summed E-state index contributed by atoms with van der Waals surface area (Å²) in [5, 5.41) is 9.26. The fraction of sp³-hybridized carbons (Fsp3) is 1.00. The average Bonchev–Trinajstić information content (AvgIpc) is 2.48. The Balaban J connectivity index is 1.87. The van der Waals surface area contributed by atoms with E-state index < -0.39 is 0 Å². The first-order valence-electron chi connectivity index (χ1n) is 4.67. The van der Waals surface area contributed by atoms with Crippen LogP contribution in [0.5, 0.6) is 0 Å². The van der Waals surface area contributed by atoms with Crippen LogP contribution in [0.15, 0.2) is 0 Å². The van der Waals surface area contributed by atoms with Crippen molar-refractivity contribution in [2.75, 3.05) is 0 Å². The van der Waals surface area contributed by atoms with Crippen LogP contribution in [0, 0.1) is 17.8 Å². The maximum Gasteiger partial charge on any atom is 0.0546 e. The van der Waals surface area contributed by atoms with E-state index in [9.17, 15) is 5.11 Å². The molecule has 0 aromatic rings. The number of fused-ring (bicyclic) bond motifs is 1. The standard InChI is InChI=1S/C9H17NO/c1-2-8(10)9-6-3-5(11)4-7(6)9/h5-9,11H,2-4,10H2,1H3/t5?,6-,7+,8?,9?. The van der Waals surface area contributed by atoms with Gasteiger partial charge in [0.05, 0.1) is 6.10 Å². The second-order valence-electron chi connectivity index (χ2n) is 4.10. The van der Waals surface area contributed by atoms with Crippen LogP contribution in [0.4, 0.5) is 0 Å². The zero-order chi connectivity index (χ0) is 8.01. The second-order valence-corrected chi connectivity index (χ2v) is 4.10. The summed E-state index contributed by atoms with van der Waals surface area (Å²) < 4.78 is 0. The molecule has 64 valence electrons. The minimum Gasteiger partial charge on any atom is -0.393 e. The molecule has 0 aliphatic heterocycles. The highest BCUT2D eigenvalue weighted by molar-refractivity contribution is 5.07. The molecule has 2 heteroatoms. The minimum absolute atomic E-state index is 0.00898. The molecule has 0 aromatic heterocycles. The number of hydrogen-bond donors (Lipinski definition) is 2. The topological polar surface area (TPSA) is 46.2 Å². The quantitative estimate of drug-likeness (QED) is 0.618. The summed E-state index contributed by atoms with van der Waals surface area (Å²) in [6, 6.07) is 0.400. The van der Waals surface area contributed by atoms with E-state index in [1.807, 2.05) is 0 Å². The molecule has 3 N–H and O–H groups in total. The fourth-order valence-corrected chi connectivity index (χ4v) is 2.77. The molecule has 0 spiro atoms. The van der Waals surface area contributed by atoms with E-state index in [-0.39, 0.29) is 6.10 Å². The van der Waals surface area contributed by atoms with Gasteiger partial charge >= 0.3 is 0 Å². The van der Waals surface area contributed by atoms with Gasteiger partial charge in [0.2, 0.25) is 0 Å². The van der Waals surface area contributed by atoms with Crippen LogP contribution in [0.25, 0.3) is 0 Å². The third-order valence-electron chi connectivity index (χ3n) is 3.45. The van der Waals surface area contributed by atoms with Crippen LogP contribution < -0.4 is 5.73 Å². The number of rotatable bonds is 2. The normalized spacial score (nSPS) is 50.5. The van der Waals surface area contributed by atoms with Gasteiger partial charge in [0.1, 0.15) is 0 Å². The van der Waals surface area contributed by atoms with Crippen LogP contribution >= 0.6 is 0 Å². The first kappa shape index (κ1) is 7.56. The first-order chi connectivity index (χ1) is 5.24. The van der Waals surface area contributed by atoms with Crippen molar-refractivity contribution in [1.82, 2.24) is 0 Å². The predicted molar refractivity (Wildman–Crippen MR) is 44.0 cm³/mol. The molecule has 0 amide bonds. The smallest absolute Gasteiger partial charge is 0.0546 e. The van der Waals surface area contributed by atoms with E-state index in [4.69, 9.17) is 5.73 Å². The zero-order valence-electron chi connectivity index (χ0n) is 7.03. The number of hydrogen-bond acceptors (Lipinski definition) is 2. The highest BCUT2D eigenvalue weighted by Gasteiger charge is 2.57. The fourth-order valence-electron chi connectivity index (χ4n) is 2.77. The summed E-state index contributed by atoms with van der Waals surface area (Å²) >= 11 is 0. The molecule has 0 saturated heterocycles. The maximum absolute atomic E-state index is 9.26. The molecule has 2 nitrogen and oxygen atoms in total. The molecule has 11 heavy (non-hydrogen) atoms. The summed E-state index contributed by atoms with van der Waals surface area (Å²) in [6.45, 7) is 2.15. The number of aliphatic hydroxyl groups excluding tert-OH is 1. The molecule has 2 aliphatic rings. The molecule has 0 radical (unpaired) electrons. The molecule has 2 fully saturated rings. The van der Waals surface area contributed by atoms with Crippen molar-refractivity contribution < 1.29 is 5.11 Å². The van der Waals surface area contributed by atoms with E-state index in [0.29, 0.717) is 6.04 Å². The SMILES string of the molecule is CCC(N)C1[C@H]2CC(O)C[C@@H]12. The van der Waals surface area contributed by atoms with E-state index in [2.05, 4.69) is 6.92 Å². The van der Waals surface area contributed by atoms with Crippen molar-refractivity contribution in [3.05, 3.63) is 0 Å². The summed E-state index contributed by atoms with van der Waals surface area (Å²) in [5.74, 6) is 2.31. The lowest BCUT2D eigenvalue weighted by atomic mass is 10.0. The van der Waals surface area contributed by atoms with Gasteiger partial charge in [0.15, 0.2) is 0 Å². The molecule has 2 rings (SSSR count). The van der Waals surface area contributed by atoms with Gasteiger partial charge in [-0.3, -0.25) is 0 Å². The maximum atomic E-state index is 9.26. The van der Waals surface area contributed by atoms with E-state index in [1.165, 1.54) is 0 Å². The Bertz CT molecular complexity index is 148. The molecule has 2 aliphatic carbocycles. The summed E-state index contributed by atoms with van der Waals surface area (Å²) in [7, 11) is 0. The molecule has 3 unspecified atom stereocenters. The third-order valence-corrected chi connectivity index (χ3v) is 3.45. The van der Waals surface area contributed by atoms with Gasteiger partial charge in [-0.15, -0.1) is 0 Å². The highest BCUT2D eigenvalue weighted by atomic mass is 16.3. The highest BCUT2D eigenvalue weighted by Crippen LogP contribution is 2.58. The first-order valence-corrected chi connectivity index (χ1v) is 4.67. The second kappa shape index (κ2) is 2.46. The largest absolute Gasteiger partial charge is 0.393 e. The lowest BCUT2D eigenvalue weighted by molar-refractivity contribution is 0.158. The summed E-state index contributed by atoms with van der Waals surface area (Å²) in [5.41, 5.74) is 5.93. The molecular formula is C9H17NO. The van der Waals surface area contributed by atoms with Crippen LogP contribution in [0.3, 0.4) is 0 Å². The van der Waals surface area contributed by atoms with Gasteiger partial charge < -0.3 is 10.8 Å². The molecule has 5 atom stereocenters. The van der Waals surface area contributed by atoms with Gasteiger partial charge in [-0.25, -0.2) is 0 Å². The van der Waals surface area contributed by atoms with Gasteiger partial charge in [-0.2, -0.15) is 0 Å². The minimum atomic E-state index is -0.00898. The van der Waals surface area contributed by atoms with Crippen molar-refractivity contribution in [2.24, 2.45) is 23.5 Å². The monoisotopic (exact) mass is 155 g/mol. The van der Waals surface area contributed by atoms with Crippen molar-refractivity contribution in [3.63, 3.8) is 0 Å². The summed E-state index contributed by atoms with van der Waals surface area (Å²) in [6.07, 6.45) is 3.12. The van der Waals surface area contributed by atoms with Gasteiger partial charge in [-0.1, -0.05) is 6.92 Å². The van der Waals surface area contributed by atoms with Crippen molar-refractivity contribution in [3.8, 4) is 0 Å². The molecule has 0 bridgehead atoms. The van der Waals surface area contributed by atoms with Gasteiger partial charge in [0.25, 0.3) is 0 Å². The number of nitrogens with two attached hydrogens (primary N) is 1. The van der Waals surface area contributed by atoms with Crippen LogP contribution in [0.1, 0.15) is 26.2 Å². The Kier molecular flexibility index (Phi) is 1.69. The molecular weight excluding hydrogens is 138 g/mol. The van der Waals surface area contributed by atoms with Gasteiger partial charge in [0, 0.05) is 6.04 Å². The van der Waals surface area contributed by atoms with E-state index in [1.54, 1.807) is 0 Å². The van der Waals surface area contributed by atoms with Gasteiger partial charge in [-0.05, 0) is 37.0 Å². The van der Waals surface area contributed by atoms with Crippen molar-refractivity contribution >= 4 is 0 Å². The van der Waals surface area contributed by atoms with E-state index in [0.717, 1.165) is 37.0 Å². The zero-order valence-corrected chi connectivity index (χ0v) is 7.03. The Morgan fingerprint density at radius 2 is 2.00 bits per heavy atom. The third kappa shape index (κ3) is 1.09. The van der Waals surface area contributed by atoms with Crippen molar-refractivity contribution in [2.45, 2.75) is 38.3 Å². The Labute approximate surface area is 67.8 Å². The Morgan fingerprint density at radius 3 is 2.45 bits per heavy atom. The van der Waals surface area contributed by atoms with Crippen molar-refractivity contribution in [1.29, 1.82) is 0 Å². The molecule has 0 heterocycles. The lowest BCUT2D eigenvalue weighted by Gasteiger charge is -2.12. The summed E-state index contributed by atoms with van der Waals surface area (Å²) in [4.78, 5) is 0. The molecule has 2 saturated carbocycles. The number of aliphatic hydroxyl groups is 1. The van der Waals surface area contributed by atoms with Crippen LogP contribution in [0.2, 0.25) is 0 Å². The van der Waals surface area contributed by atoms with E-state index >= 15 is 0 Å². The average molecular weight is 155 g/mol. The predicted octanol–water partition coefficient (Wildman–Crippen LogP) is 0.741. The van der Waals surface area contributed by atoms with Crippen LogP contribution in [-0.2, 0) is 0 Å². The Hall–Kier alpha value is -0.0800. The lowest BCUT2D eigenvalue weighted by Crippen LogP contribution is -2.25. The Morgan fingerprint density at radius 1 is 1.45 bits per heavy atom.